The number of nitrogens with two attached hydrogens (primary N) is 1. The number of amides is 2. The summed E-state index contributed by atoms with van der Waals surface area (Å²) in [5.41, 5.74) is 6.88. The molecule has 18 heavy (non-hydrogen) atoms. The average Bonchev–Trinajstić information content (AvgIpc) is 2.28. The fraction of sp³-hybridized carbons (Fsp3) is 0.273. The topological polar surface area (TPSA) is 90.7 Å². The molecule has 0 aliphatic rings. The van der Waals surface area contributed by atoms with Gasteiger partial charge >= 0.3 is 0 Å². The summed E-state index contributed by atoms with van der Waals surface area (Å²) in [4.78, 5) is 26.4. The molecule has 0 fully saturated rings. The lowest BCUT2D eigenvalue weighted by Gasteiger charge is -2.14. The number of carbonyl (C=O) groups excluding carboxylic acids is 2. The fourth-order valence-corrected chi connectivity index (χ4v) is 1.24. The third-order valence-corrected chi connectivity index (χ3v) is 2.10. The lowest BCUT2D eigenvalue weighted by atomic mass is 10.3. The van der Waals surface area contributed by atoms with Crippen molar-refractivity contribution in [3.8, 4) is 5.75 Å². The molecule has 0 aliphatic carbocycles. The molecule has 98 valence electrons. The van der Waals surface area contributed by atoms with E-state index in [1.165, 1.54) is 6.92 Å². The maximum Gasteiger partial charge on any atom is 0.284 e. The molecule has 1 aromatic carbocycles. The van der Waals surface area contributed by atoms with Crippen molar-refractivity contribution < 1.29 is 19.2 Å². The van der Waals surface area contributed by atoms with Crippen LogP contribution in [0.4, 0.5) is 0 Å². The highest BCUT2D eigenvalue weighted by Crippen LogP contribution is 2.18. The molecule has 1 unspecified atom stereocenters. The summed E-state index contributed by atoms with van der Waals surface area (Å²) in [7, 11) is 0. The predicted molar refractivity (Wildman–Crippen MR) is 64.8 cm³/mol. The minimum Gasteiger partial charge on any atom is -0.481 e. The average molecular weight is 273 g/mol. The van der Waals surface area contributed by atoms with E-state index in [1.54, 1.807) is 24.3 Å². The maximum atomic E-state index is 11.5. The molecule has 6 nitrogen and oxygen atoms in total. The van der Waals surface area contributed by atoms with Gasteiger partial charge < -0.3 is 10.5 Å². The Hall–Kier alpha value is -1.79. The number of nitrogens with one attached hydrogen (secondary N) is 1. The highest BCUT2D eigenvalue weighted by Gasteiger charge is 2.15. The van der Waals surface area contributed by atoms with Crippen molar-refractivity contribution in [1.82, 2.24) is 5.48 Å². The zero-order valence-electron chi connectivity index (χ0n) is 9.68. The Kier molecular flexibility index (Phi) is 5.41. The van der Waals surface area contributed by atoms with Crippen LogP contribution in [0.1, 0.15) is 6.92 Å². The van der Waals surface area contributed by atoms with Crippen LogP contribution in [0.25, 0.3) is 0 Å². The SMILES string of the molecule is CC(Oc1cccc(Cl)c1)C(=O)NOCC(N)=O. The van der Waals surface area contributed by atoms with Crippen molar-refractivity contribution in [2.45, 2.75) is 13.0 Å². The summed E-state index contributed by atoms with van der Waals surface area (Å²) in [5.74, 6) is -0.755. The van der Waals surface area contributed by atoms with Crippen LogP contribution >= 0.6 is 11.6 Å². The molecule has 7 heteroatoms. The standard InChI is InChI=1S/C11H13ClN2O4/c1-7(11(16)14-17-6-10(13)15)18-9-4-2-3-8(12)5-9/h2-5,7H,6H2,1H3,(H2,13,15)(H,14,16). The zero-order chi connectivity index (χ0) is 13.5. The first-order chi connectivity index (χ1) is 8.49. The van der Waals surface area contributed by atoms with Gasteiger partial charge in [0.25, 0.3) is 5.91 Å². The summed E-state index contributed by atoms with van der Waals surface area (Å²) >= 11 is 5.77. The molecule has 0 spiro atoms. The summed E-state index contributed by atoms with van der Waals surface area (Å²) in [6, 6.07) is 6.64. The van der Waals surface area contributed by atoms with Crippen molar-refractivity contribution in [3.63, 3.8) is 0 Å². The van der Waals surface area contributed by atoms with Gasteiger partial charge in [-0.3, -0.25) is 14.4 Å². The number of primary amides is 1. The van der Waals surface area contributed by atoms with Gasteiger partial charge in [-0.15, -0.1) is 0 Å². The van der Waals surface area contributed by atoms with Crippen LogP contribution in [-0.2, 0) is 14.4 Å². The minimum absolute atomic E-state index is 0.393. The molecule has 1 atom stereocenters. The van der Waals surface area contributed by atoms with Gasteiger partial charge in [0, 0.05) is 5.02 Å². The monoisotopic (exact) mass is 272 g/mol. The molecule has 0 aliphatic heterocycles. The molecule has 1 rings (SSSR count). The normalized spacial score (nSPS) is 11.7. The number of hydrogen-bond acceptors (Lipinski definition) is 4. The second kappa shape index (κ2) is 6.83. The zero-order valence-corrected chi connectivity index (χ0v) is 10.4. The fourth-order valence-electron chi connectivity index (χ4n) is 1.06. The predicted octanol–water partition coefficient (Wildman–Crippen LogP) is 0.640. The van der Waals surface area contributed by atoms with E-state index in [2.05, 4.69) is 10.3 Å². The lowest BCUT2D eigenvalue weighted by Crippen LogP contribution is -2.38. The Balaban J connectivity index is 2.42. The second-order valence-corrected chi connectivity index (χ2v) is 3.88. The van der Waals surface area contributed by atoms with E-state index in [-0.39, 0.29) is 0 Å². The third-order valence-electron chi connectivity index (χ3n) is 1.87. The van der Waals surface area contributed by atoms with Gasteiger partial charge in [0.05, 0.1) is 0 Å². The Morgan fingerprint density at radius 3 is 2.83 bits per heavy atom. The molecule has 0 bridgehead atoms. The molecule has 3 N–H and O–H groups in total. The maximum absolute atomic E-state index is 11.5. The first-order valence-corrected chi connectivity index (χ1v) is 5.49. The molecule has 0 heterocycles. The molecule has 0 aromatic heterocycles. The van der Waals surface area contributed by atoms with Gasteiger partial charge in [-0.2, -0.15) is 0 Å². The summed E-state index contributed by atoms with van der Waals surface area (Å²) < 4.78 is 5.32. The van der Waals surface area contributed by atoms with Crippen LogP contribution in [0.15, 0.2) is 24.3 Å². The van der Waals surface area contributed by atoms with E-state index in [9.17, 15) is 9.59 Å². The number of halogens is 1. The van der Waals surface area contributed by atoms with E-state index in [0.717, 1.165) is 0 Å². The van der Waals surface area contributed by atoms with E-state index in [1.807, 2.05) is 0 Å². The van der Waals surface area contributed by atoms with Crippen LogP contribution in [0.2, 0.25) is 5.02 Å². The first kappa shape index (κ1) is 14.3. The number of ether oxygens (including phenoxy) is 1. The quantitative estimate of drug-likeness (QED) is 0.744. The van der Waals surface area contributed by atoms with Crippen LogP contribution < -0.4 is 16.0 Å². The third kappa shape index (κ3) is 5.03. The van der Waals surface area contributed by atoms with Gasteiger partial charge in [-0.25, -0.2) is 5.48 Å². The van der Waals surface area contributed by atoms with Gasteiger partial charge in [-0.1, -0.05) is 17.7 Å². The van der Waals surface area contributed by atoms with E-state index < -0.39 is 24.5 Å². The van der Waals surface area contributed by atoms with Crippen LogP contribution in [0.3, 0.4) is 0 Å². The number of hydrogen-bond donors (Lipinski definition) is 2. The van der Waals surface area contributed by atoms with Crippen molar-refractivity contribution >= 4 is 23.4 Å². The Bertz CT molecular complexity index is 439. The Morgan fingerprint density at radius 1 is 1.50 bits per heavy atom. The number of rotatable bonds is 6. The molecular weight excluding hydrogens is 260 g/mol. The van der Waals surface area contributed by atoms with Crippen molar-refractivity contribution in [2.24, 2.45) is 5.73 Å². The van der Waals surface area contributed by atoms with Gasteiger partial charge in [0.2, 0.25) is 5.91 Å². The van der Waals surface area contributed by atoms with Gasteiger partial charge in [0.15, 0.2) is 12.7 Å². The lowest BCUT2D eigenvalue weighted by molar-refractivity contribution is -0.143. The summed E-state index contributed by atoms with van der Waals surface area (Å²) in [5, 5.41) is 0.505. The Morgan fingerprint density at radius 2 is 2.22 bits per heavy atom. The van der Waals surface area contributed by atoms with Crippen molar-refractivity contribution in [2.75, 3.05) is 6.61 Å². The molecule has 0 radical (unpaired) electrons. The number of benzene rings is 1. The van der Waals surface area contributed by atoms with Gasteiger partial charge in [-0.05, 0) is 25.1 Å². The van der Waals surface area contributed by atoms with E-state index in [0.29, 0.717) is 10.8 Å². The molecule has 2 amide bonds. The molecule has 0 saturated carbocycles. The highest BCUT2D eigenvalue weighted by atomic mass is 35.5. The summed E-state index contributed by atoms with van der Waals surface area (Å²) in [6.07, 6.45) is -0.795. The number of carbonyl (C=O) groups is 2. The first-order valence-electron chi connectivity index (χ1n) is 5.11. The van der Waals surface area contributed by atoms with Crippen LogP contribution in [-0.4, -0.2) is 24.5 Å². The Labute approximate surface area is 109 Å². The van der Waals surface area contributed by atoms with Crippen LogP contribution in [0.5, 0.6) is 5.75 Å². The van der Waals surface area contributed by atoms with Crippen molar-refractivity contribution in [1.29, 1.82) is 0 Å². The molecule has 1 aromatic rings. The van der Waals surface area contributed by atoms with E-state index in [4.69, 9.17) is 22.1 Å². The number of hydroxylamine groups is 1. The largest absolute Gasteiger partial charge is 0.481 e. The van der Waals surface area contributed by atoms with Crippen LogP contribution in [0, 0.1) is 0 Å². The summed E-state index contributed by atoms with van der Waals surface area (Å²) in [6.45, 7) is 1.14. The van der Waals surface area contributed by atoms with Crippen molar-refractivity contribution in [3.05, 3.63) is 29.3 Å². The highest BCUT2D eigenvalue weighted by molar-refractivity contribution is 6.30. The molecular formula is C11H13ClN2O4. The second-order valence-electron chi connectivity index (χ2n) is 3.44. The molecule has 0 saturated heterocycles. The van der Waals surface area contributed by atoms with Gasteiger partial charge in [0.1, 0.15) is 5.75 Å². The minimum atomic E-state index is -0.795. The smallest absolute Gasteiger partial charge is 0.284 e. The van der Waals surface area contributed by atoms with E-state index >= 15 is 0 Å².